The average Bonchev–Trinajstić information content (AvgIpc) is 2.95. The van der Waals surface area contributed by atoms with Gasteiger partial charge in [-0.3, -0.25) is 4.99 Å². The van der Waals surface area contributed by atoms with Crippen molar-refractivity contribution in [2.24, 2.45) is 4.99 Å². The van der Waals surface area contributed by atoms with Crippen LogP contribution in [-0.2, 0) is 5.41 Å². The Morgan fingerprint density at radius 2 is 2.06 bits per heavy atom. The van der Waals surface area contributed by atoms with E-state index in [1.54, 1.807) is 6.33 Å². The van der Waals surface area contributed by atoms with Crippen LogP contribution in [0.15, 0.2) is 23.5 Å². The number of nitrogens with zero attached hydrogens (tertiary/aromatic N) is 2. The van der Waals surface area contributed by atoms with Gasteiger partial charge in [-0.05, 0) is 38.1 Å². The molecule has 1 fully saturated rings. The summed E-state index contributed by atoms with van der Waals surface area (Å²) < 4.78 is 0. The van der Waals surface area contributed by atoms with E-state index >= 15 is 0 Å². The van der Waals surface area contributed by atoms with Gasteiger partial charge in [-0.2, -0.15) is 0 Å². The molecule has 0 bridgehead atoms. The Labute approximate surface area is 99.2 Å². The van der Waals surface area contributed by atoms with E-state index in [0.717, 1.165) is 42.7 Å². The summed E-state index contributed by atoms with van der Waals surface area (Å²) in [7, 11) is 0. The lowest BCUT2D eigenvalue weighted by Gasteiger charge is -2.32. The number of H-pyrrole nitrogens is 1. The number of hydrogen-bond acceptors (Lipinski definition) is 3. The fourth-order valence-electron chi connectivity index (χ4n) is 3.11. The van der Waals surface area contributed by atoms with Crippen molar-refractivity contribution in [1.82, 2.24) is 15.3 Å². The molecule has 3 heterocycles. The molecule has 1 spiro atoms. The first-order valence-electron chi connectivity index (χ1n) is 6.12. The molecule has 1 saturated heterocycles. The number of aliphatic imine (C=N–C) groups is 1. The van der Waals surface area contributed by atoms with E-state index in [0.29, 0.717) is 0 Å². The minimum absolute atomic E-state index is 0.120. The molecule has 86 valence electrons. The van der Waals surface area contributed by atoms with Gasteiger partial charge in [0.05, 0.1) is 23.0 Å². The van der Waals surface area contributed by atoms with Gasteiger partial charge in [0, 0.05) is 17.2 Å². The summed E-state index contributed by atoms with van der Waals surface area (Å²) in [4.78, 5) is 12.3. The van der Waals surface area contributed by atoms with Gasteiger partial charge in [0.1, 0.15) is 0 Å². The van der Waals surface area contributed by atoms with Crippen molar-refractivity contribution in [2.75, 3.05) is 13.1 Å². The topological polar surface area (TPSA) is 53.1 Å². The van der Waals surface area contributed by atoms with Crippen LogP contribution >= 0.6 is 0 Å². The third kappa shape index (κ3) is 1.16. The van der Waals surface area contributed by atoms with Gasteiger partial charge >= 0.3 is 0 Å². The molecule has 2 aromatic rings. The maximum Gasteiger partial charge on any atom is 0.0945 e. The molecule has 0 saturated carbocycles. The molecule has 0 radical (unpaired) electrons. The molecular formula is C13H14N4. The maximum absolute atomic E-state index is 4.60. The van der Waals surface area contributed by atoms with Gasteiger partial charge < -0.3 is 10.3 Å². The normalized spacial score (nSPS) is 21.2. The number of benzene rings is 1. The van der Waals surface area contributed by atoms with Gasteiger partial charge in [-0.25, -0.2) is 4.98 Å². The predicted octanol–water partition coefficient (Wildman–Crippen LogP) is 1.90. The van der Waals surface area contributed by atoms with Crippen LogP contribution in [0.25, 0.3) is 11.0 Å². The first-order valence-corrected chi connectivity index (χ1v) is 6.12. The number of imidazole rings is 1. The van der Waals surface area contributed by atoms with Crippen molar-refractivity contribution in [3.05, 3.63) is 24.0 Å². The highest BCUT2D eigenvalue weighted by molar-refractivity contribution is 5.96. The molecule has 1 aromatic carbocycles. The zero-order chi connectivity index (χ0) is 11.3. The van der Waals surface area contributed by atoms with Gasteiger partial charge in [0.15, 0.2) is 0 Å². The first-order chi connectivity index (χ1) is 8.39. The van der Waals surface area contributed by atoms with Crippen molar-refractivity contribution >= 4 is 22.9 Å². The quantitative estimate of drug-likeness (QED) is 0.721. The van der Waals surface area contributed by atoms with E-state index in [4.69, 9.17) is 0 Å². The highest BCUT2D eigenvalue weighted by atomic mass is 14.9. The summed E-state index contributed by atoms with van der Waals surface area (Å²) in [6.45, 7) is 2.12. The fourth-order valence-corrected chi connectivity index (χ4v) is 3.11. The number of aromatic amines is 1. The zero-order valence-electron chi connectivity index (χ0n) is 9.53. The Balaban J connectivity index is 2.00. The molecule has 4 nitrogen and oxygen atoms in total. The van der Waals surface area contributed by atoms with Gasteiger partial charge in [-0.1, -0.05) is 0 Å². The third-order valence-electron chi connectivity index (χ3n) is 4.01. The van der Waals surface area contributed by atoms with Crippen molar-refractivity contribution in [2.45, 2.75) is 18.3 Å². The Kier molecular flexibility index (Phi) is 1.74. The third-order valence-corrected chi connectivity index (χ3v) is 4.01. The van der Waals surface area contributed by atoms with Crippen LogP contribution in [0.3, 0.4) is 0 Å². The van der Waals surface area contributed by atoms with Gasteiger partial charge in [0.25, 0.3) is 0 Å². The van der Waals surface area contributed by atoms with E-state index in [1.807, 2.05) is 0 Å². The molecular weight excluding hydrogens is 212 g/mol. The molecule has 0 atom stereocenters. The van der Waals surface area contributed by atoms with Crippen molar-refractivity contribution in [3.63, 3.8) is 0 Å². The Hall–Kier alpha value is -1.68. The summed E-state index contributed by atoms with van der Waals surface area (Å²) in [5, 5.41) is 3.42. The van der Waals surface area contributed by atoms with Crippen molar-refractivity contribution < 1.29 is 0 Å². The second-order valence-corrected chi connectivity index (χ2v) is 4.92. The van der Waals surface area contributed by atoms with Crippen LogP contribution in [0, 0.1) is 0 Å². The van der Waals surface area contributed by atoms with E-state index in [2.05, 4.69) is 38.6 Å². The van der Waals surface area contributed by atoms with Crippen molar-refractivity contribution in [1.29, 1.82) is 0 Å². The SMILES string of the molecule is C1=Nc2ccc3[nH]cnc3c2C12CCNCC2. The van der Waals surface area contributed by atoms with Crippen LogP contribution in [0.4, 0.5) is 5.69 Å². The molecule has 17 heavy (non-hydrogen) atoms. The lowest BCUT2D eigenvalue weighted by molar-refractivity contribution is 0.410. The smallest absolute Gasteiger partial charge is 0.0945 e. The fraction of sp³-hybridized carbons (Fsp3) is 0.385. The highest BCUT2D eigenvalue weighted by Gasteiger charge is 2.39. The lowest BCUT2D eigenvalue weighted by atomic mass is 9.74. The van der Waals surface area contributed by atoms with Crippen molar-refractivity contribution in [3.8, 4) is 0 Å². The Morgan fingerprint density at radius 1 is 1.18 bits per heavy atom. The summed E-state index contributed by atoms with van der Waals surface area (Å²) in [6.07, 6.45) is 6.16. The van der Waals surface area contributed by atoms with E-state index in [1.165, 1.54) is 5.56 Å². The molecule has 0 amide bonds. The molecule has 0 aliphatic carbocycles. The average molecular weight is 226 g/mol. The minimum atomic E-state index is 0.120. The minimum Gasteiger partial charge on any atom is -0.345 e. The molecule has 2 aliphatic rings. The molecule has 2 N–H and O–H groups in total. The van der Waals surface area contributed by atoms with E-state index in [-0.39, 0.29) is 5.41 Å². The first kappa shape index (κ1) is 9.36. The van der Waals surface area contributed by atoms with Crippen LogP contribution in [0.2, 0.25) is 0 Å². The lowest BCUT2D eigenvalue weighted by Crippen LogP contribution is -2.39. The summed E-state index contributed by atoms with van der Waals surface area (Å²) in [5.41, 5.74) is 4.77. The van der Waals surface area contributed by atoms with Gasteiger partial charge in [-0.15, -0.1) is 0 Å². The largest absolute Gasteiger partial charge is 0.345 e. The summed E-state index contributed by atoms with van der Waals surface area (Å²) >= 11 is 0. The monoisotopic (exact) mass is 226 g/mol. The molecule has 0 unspecified atom stereocenters. The van der Waals surface area contributed by atoms with Crippen LogP contribution < -0.4 is 5.32 Å². The molecule has 1 aromatic heterocycles. The van der Waals surface area contributed by atoms with Crippen LogP contribution in [-0.4, -0.2) is 29.3 Å². The Morgan fingerprint density at radius 3 is 2.94 bits per heavy atom. The summed E-state index contributed by atoms with van der Waals surface area (Å²) in [6, 6.07) is 4.17. The van der Waals surface area contributed by atoms with E-state index in [9.17, 15) is 0 Å². The standard InChI is InChI=1S/C13H14N4/c1-2-10-12(17-8-16-10)11-9(1)15-7-13(11)3-5-14-6-4-13/h1-2,7-8,14H,3-6H2,(H,16,17). The molecule has 2 aliphatic heterocycles. The van der Waals surface area contributed by atoms with Crippen LogP contribution in [0.1, 0.15) is 18.4 Å². The number of fused-ring (bicyclic) bond motifs is 4. The molecule has 4 rings (SSSR count). The number of piperidine rings is 1. The highest BCUT2D eigenvalue weighted by Crippen LogP contribution is 2.45. The number of rotatable bonds is 0. The number of nitrogens with one attached hydrogen (secondary N) is 2. The second kappa shape index (κ2) is 3.17. The Bertz CT molecular complexity index is 605. The second-order valence-electron chi connectivity index (χ2n) is 4.92. The summed E-state index contributed by atoms with van der Waals surface area (Å²) in [5.74, 6) is 0. The maximum atomic E-state index is 4.60. The number of hydrogen-bond donors (Lipinski definition) is 2. The predicted molar refractivity (Wildman–Crippen MR) is 68.0 cm³/mol. The van der Waals surface area contributed by atoms with Crippen LogP contribution in [0.5, 0.6) is 0 Å². The van der Waals surface area contributed by atoms with Gasteiger partial charge in [0.2, 0.25) is 0 Å². The molecule has 4 heteroatoms. The van der Waals surface area contributed by atoms with E-state index < -0.39 is 0 Å². The number of aromatic nitrogens is 2. The zero-order valence-corrected chi connectivity index (χ0v) is 9.53.